The first kappa shape index (κ1) is 12.2. The number of epoxide rings is 1. The largest absolute Gasteiger partial charge is 0.469 e. The highest BCUT2D eigenvalue weighted by atomic mass is 32.3. The van der Waals surface area contributed by atoms with E-state index in [2.05, 4.69) is 4.99 Å². The van der Waals surface area contributed by atoms with E-state index in [1.54, 1.807) is 0 Å². The predicted octanol–water partition coefficient (Wildman–Crippen LogP) is 2.13. The number of hydrogen-bond donors (Lipinski definition) is 1. The number of ether oxygens (including phenoxy) is 1. The van der Waals surface area contributed by atoms with Crippen LogP contribution in [0.25, 0.3) is 0 Å². The minimum absolute atomic E-state index is 0.213. The maximum atomic E-state index is 10.2. The number of rotatable bonds is 8. The summed E-state index contributed by atoms with van der Waals surface area (Å²) in [5.41, 5.74) is 0. The summed E-state index contributed by atoms with van der Waals surface area (Å²) in [6.07, 6.45) is 3.06. The van der Waals surface area contributed by atoms with Gasteiger partial charge in [-0.05, 0) is 26.2 Å². The summed E-state index contributed by atoms with van der Waals surface area (Å²) in [4.78, 5) is 4.18. The highest BCUT2D eigenvalue weighted by Gasteiger charge is 2.33. The zero-order valence-corrected chi connectivity index (χ0v) is 10.4. The second kappa shape index (κ2) is 5.35. The average Bonchev–Trinajstić information content (AvgIpc) is 3.07. The topological polar surface area (TPSA) is 63.6 Å². The Labute approximate surface area is 97.7 Å². The van der Waals surface area contributed by atoms with Crippen LogP contribution in [0.15, 0.2) is 4.99 Å². The molecule has 0 radical (unpaired) electrons. The second-order valence-electron chi connectivity index (χ2n) is 3.91. The van der Waals surface area contributed by atoms with Crippen molar-refractivity contribution in [3.05, 3.63) is 0 Å². The maximum absolute atomic E-state index is 10.2. The van der Waals surface area contributed by atoms with Crippen molar-refractivity contribution < 1.29 is 17.7 Å². The molecule has 0 aromatic carbocycles. The first-order chi connectivity index (χ1) is 7.72. The molecule has 1 aliphatic heterocycles. The van der Waals surface area contributed by atoms with Crippen LogP contribution in [0.1, 0.15) is 26.2 Å². The predicted molar refractivity (Wildman–Crippen MR) is 63.7 cm³/mol. The van der Waals surface area contributed by atoms with Crippen LogP contribution < -0.4 is 0 Å². The molecule has 0 amide bonds. The minimum Gasteiger partial charge on any atom is -0.469 e. The maximum Gasteiger partial charge on any atom is 0.223 e. The fourth-order valence-corrected chi connectivity index (χ4v) is 3.02. The standard InChI is InChI=1S/C10H19NO4S/c1-2-14-16(12,15-9-4-5-9)7-3-6-11-10-8-13-10/h9,12H,2-8H2,1H3. The van der Waals surface area contributed by atoms with Crippen molar-refractivity contribution in [2.45, 2.75) is 32.3 Å². The van der Waals surface area contributed by atoms with Crippen LogP contribution >= 0.6 is 10.9 Å². The van der Waals surface area contributed by atoms with Crippen molar-refractivity contribution in [1.29, 1.82) is 0 Å². The van der Waals surface area contributed by atoms with Crippen molar-refractivity contribution in [3.8, 4) is 0 Å². The Balaban J connectivity index is 1.69. The molecule has 94 valence electrons. The smallest absolute Gasteiger partial charge is 0.223 e. The van der Waals surface area contributed by atoms with Crippen LogP contribution in [-0.2, 0) is 13.1 Å². The van der Waals surface area contributed by atoms with Crippen molar-refractivity contribution in [2.75, 3.05) is 25.5 Å². The van der Waals surface area contributed by atoms with Crippen molar-refractivity contribution in [3.63, 3.8) is 0 Å². The van der Waals surface area contributed by atoms with E-state index < -0.39 is 10.9 Å². The van der Waals surface area contributed by atoms with E-state index in [1.165, 1.54) is 0 Å². The normalized spacial score (nSPS) is 27.2. The van der Waals surface area contributed by atoms with E-state index in [4.69, 9.17) is 13.1 Å². The van der Waals surface area contributed by atoms with Crippen LogP contribution in [0.4, 0.5) is 0 Å². The van der Waals surface area contributed by atoms with E-state index in [0.29, 0.717) is 25.5 Å². The van der Waals surface area contributed by atoms with E-state index in [9.17, 15) is 4.55 Å². The van der Waals surface area contributed by atoms with Gasteiger partial charge in [0.05, 0.1) is 23.6 Å². The quantitative estimate of drug-likeness (QED) is 0.528. The summed E-state index contributed by atoms with van der Waals surface area (Å²) >= 11 is 0. The summed E-state index contributed by atoms with van der Waals surface area (Å²) in [5, 5.41) is 0. The van der Waals surface area contributed by atoms with Gasteiger partial charge in [-0.3, -0.25) is 13.4 Å². The lowest BCUT2D eigenvalue weighted by atomic mass is 10.5. The Morgan fingerprint density at radius 3 is 2.88 bits per heavy atom. The SMILES string of the molecule is CCOS(O)(CCCN=C1CO1)OC1CC1. The molecular weight excluding hydrogens is 230 g/mol. The van der Waals surface area contributed by atoms with E-state index in [-0.39, 0.29) is 6.10 Å². The molecule has 0 bridgehead atoms. The van der Waals surface area contributed by atoms with Gasteiger partial charge in [0.15, 0.2) is 6.61 Å². The third-order valence-electron chi connectivity index (χ3n) is 2.23. The minimum atomic E-state index is -2.31. The molecule has 1 unspecified atom stereocenters. The molecule has 1 N–H and O–H groups in total. The Morgan fingerprint density at radius 1 is 1.56 bits per heavy atom. The molecule has 6 heteroatoms. The number of aliphatic imine (C=N–C) groups is 1. The molecule has 0 aromatic rings. The van der Waals surface area contributed by atoms with Gasteiger partial charge in [-0.15, -0.1) is 0 Å². The molecule has 2 fully saturated rings. The molecule has 16 heavy (non-hydrogen) atoms. The summed E-state index contributed by atoms with van der Waals surface area (Å²) in [6, 6.07) is 0. The molecule has 0 aromatic heterocycles. The summed E-state index contributed by atoms with van der Waals surface area (Å²) < 4.78 is 25.9. The molecule has 1 saturated heterocycles. The van der Waals surface area contributed by atoms with Crippen LogP contribution in [-0.4, -0.2) is 42.1 Å². The van der Waals surface area contributed by atoms with Gasteiger partial charge in [0.2, 0.25) is 5.90 Å². The zero-order chi connectivity index (χ0) is 11.4. The Kier molecular flexibility index (Phi) is 4.07. The van der Waals surface area contributed by atoms with Gasteiger partial charge in [0.25, 0.3) is 0 Å². The van der Waals surface area contributed by atoms with E-state index in [0.717, 1.165) is 25.2 Å². The molecule has 2 rings (SSSR count). The molecule has 0 spiro atoms. The highest BCUT2D eigenvalue weighted by molar-refractivity contribution is 8.21. The number of nitrogens with zero attached hydrogens (tertiary/aromatic N) is 1. The Hall–Kier alpha value is -0.300. The molecule has 1 aliphatic carbocycles. The monoisotopic (exact) mass is 249 g/mol. The Bertz CT molecular complexity index is 264. The van der Waals surface area contributed by atoms with Crippen LogP contribution in [0, 0.1) is 0 Å². The molecule has 2 aliphatic rings. The zero-order valence-electron chi connectivity index (χ0n) is 9.55. The molecule has 5 nitrogen and oxygen atoms in total. The lowest BCUT2D eigenvalue weighted by Gasteiger charge is -2.31. The van der Waals surface area contributed by atoms with Gasteiger partial charge >= 0.3 is 0 Å². The Morgan fingerprint density at radius 2 is 2.31 bits per heavy atom. The lowest BCUT2D eigenvalue weighted by molar-refractivity contribution is 0.208. The van der Waals surface area contributed by atoms with E-state index >= 15 is 0 Å². The fraction of sp³-hybridized carbons (Fsp3) is 0.900. The van der Waals surface area contributed by atoms with Gasteiger partial charge in [-0.2, -0.15) is 0 Å². The molecule has 1 heterocycles. The van der Waals surface area contributed by atoms with E-state index in [1.807, 2.05) is 6.92 Å². The van der Waals surface area contributed by atoms with Crippen molar-refractivity contribution in [2.24, 2.45) is 4.99 Å². The summed E-state index contributed by atoms with van der Waals surface area (Å²) in [5.74, 6) is 1.35. The van der Waals surface area contributed by atoms with Crippen molar-refractivity contribution in [1.82, 2.24) is 0 Å². The van der Waals surface area contributed by atoms with Gasteiger partial charge in [0.1, 0.15) is 0 Å². The summed E-state index contributed by atoms with van der Waals surface area (Å²) in [6.45, 7) is 3.69. The van der Waals surface area contributed by atoms with Gasteiger partial charge in [-0.25, -0.2) is 0 Å². The van der Waals surface area contributed by atoms with Crippen molar-refractivity contribution >= 4 is 16.8 Å². The van der Waals surface area contributed by atoms with Crippen LogP contribution in [0.5, 0.6) is 0 Å². The average molecular weight is 249 g/mol. The first-order valence-corrected chi connectivity index (χ1v) is 7.35. The second-order valence-corrected chi connectivity index (χ2v) is 5.91. The highest BCUT2D eigenvalue weighted by Crippen LogP contribution is 2.51. The fourth-order valence-electron chi connectivity index (χ4n) is 1.27. The third kappa shape index (κ3) is 4.29. The van der Waals surface area contributed by atoms with Gasteiger partial charge in [-0.1, -0.05) is 0 Å². The molecular formula is C10H19NO4S. The van der Waals surface area contributed by atoms with Crippen LogP contribution in [0.3, 0.4) is 0 Å². The third-order valence-corrected chi connectivity index (χ3v) is 4.22. The first-order valence-electron chi connectivity index (χ1n) is 5.74. The molecule has 1 atom stereocenters. The molecule has 1 saturated carbocycles. The number of hydrogen-bond acceptors (Lipinski definition) is 5. The van der Waals surface area contributed by atoms with Crippen LogP contribution in [0.2, 0.25) is 0 Å². The van der Waals surface area contributed by atoms with Gasteiger partial charge < -0.3 is 9.29 Å². The van der Waals surface area contributed by atoms with Gasteiger partial charge in [0, 0.05) is 12.3 Å². The lowest BCUT2D eigenvalue weighted by Crippen LogP contribution is -2.14. The summed E-state index contributed by atoms with van der Waals surface area (Å²) in [7, 11) is -2.31.